The van der Waals surface area contributed by atoms with E-state index in [9.17, 15) is 34.2 Å². The number of nitrogens with zero attached hydrogens (tertiary/aromatic N) is 1. The summed E-state index contributed by atoms with van der Waals surface area (Å²) in [5.74, 6) is -7.79. The summed E-state index contributed by atoms with van der Waals surface area (Å²) < 4.78 is 41.5. The Bertz CT molecular complexity index is 1870. The highest BCUT2D eigenvalue weighted by molar-refractivity contribution is 6.39. The largest absolute Gasteiger partial charge is 0.460 e. The third-order valence-electron chi connectivity index (χ3n) is 15.4. The van der Waals surface area contributed by atoms with E-state index in [0.29, 0.717) is 70.2 Å². The van der Waals surface area contributed by atoms with Crippen LogP contribution in [0.1, 0.15) is 126 Å². The van der Waals surface area contributed by atoms with E-state index in [-0.39, 0.29) is 67.0 Å². The molecule has 388 valence electrons. The van der Waals surface area contributed by atoms with Gasteiger partial charge >= 0.3 is 5.97 Å². The molecule has 5 rings (SSSR count). The van der Waals surface area contributed by atoms with Crippen LogP contribution < -0.4 is 0 Å². The molecule has 69 heavy (non-hydrogen) atoms. The number of ketones is 3. The second-order valence-corrected chi connectivity index (χ2v) is 20.9. The van der Waals surface area contributed by atoms with Gasteiger partial charge in [0.15, 0.2) is 5.78 Å². The molecule has 3 saturated heterocycles. The van der Waals surface area contributed by atoms with Gasteiger partial charge in [0, 0.05) is 58.5 Å². The second kappa shape index (κ2) is 26.3. The number of aliphatic hydroxyl groups is 2. The third-order valence-corrected chi connectivity index (χ3v) is 15.4. The van der Waals surface area contributed by atoms with Gasteiger partial charge in [-0.15, -0.1) is 0 Å². The predicted molar refractivity (Wildman–Crippen MR) is 259 cm³/mol. The molecular weight excluding hydrogens is 887 g/mol. The number of hydrogen-bond donors (Lipinski definition) is 2. The Morgan fingerprint density at radius 2 is 1.58 bits per heavy atom. The van der Waals surface area contributed by atoms with Crippen LogP contribution in [-0.4, -0.2) is 146 Å². The van der Waals surface area contributed by atoms with Crippen molar-refractivity contribution in [3.8, 4) is 0 Å². The molecule has 2 N–H and O–H groups in total. The molecular formula is C54H83NO14. The highest BCUT2D eigenvalue weighted by Gasteiger charge is 2.53. The average molecular weight is 970 g/mol. The summed E-state index contributed by atoms with van der Waals surface area (Å²) in [5, 5.41) is 23.5. The lowest BCUT2D eigenvalue weighted by atomic mass is 9.78. The Balaban J connectivity index is 1.45. The number of esters is 1. The summed E-state index contributed by atoms with van der Waals surface area (Å²) in [5.41, 5.74) is 1.28. The molecule has 0 aromatic carbocycles. The van der Waals surface area contributed by atoms with Gasteiger partial charge < -0.3 is 48.3 Å². The van der Waals surface area contributed by atoms with Crippen molar-refractivity contribution in [1.29, 1.82) is 0 Å². The van der Waals surface area contributed by atoms with Crippen LogP contribution in [0, 0.1) is 35.5 Å². The number of piperidine rings is 1. The molecule has 4 fully saturated rings. The fourth-order valence-corrected chi connectivity index (χ4v) is 10.8. The number of ether oxygens (including phenoxy) is 7. The molecule has 0 spiro atoms. The molecule has 0 aromatic heterocycles. The van der Waals surface area contributed by atoms with Crippen molar-refractivity contribution in [2.45, 2.75) is 186 Å². The minimum Gasteiger partial charge on any atom is -0.460 e. The topological polar surface area (TPSA) is 194 Å². The number of Topliss-reactive ketones (excluding diaryl/α,β-unsaturated/α-hetero) is 3. The van der Waals surface area contributed by atoms with Crippen molar-refractivity contribution in [2.75, 3.05) is 41.1 Å². The second-order valence-electron chi connectivity index (χ2n) is 20.9. The first kappa shape index (κ1) is 56.5. The number of fused-ring (bicyclic) bond motifs is 3. The maximum atomic E-state index is 14.5. The van der Waals surface area contributed by atoms with Crippen molar-refractivity contribution < 1.29 is 67.3 Å². The van der Waals surface area contributed by atoms with E-state index in [1.807, 2.05) is 58.1 Å². The molecule has 1 saturated carbocycles. The standard InChI is InChI=1S/C54H83NO14/c1-32-16-12-11-13-17-33(2)45(63-8)28-40-21-19-38(7)54(62,69-40)51(59)52(60)55-23-15-14-18-42(55)53(61)68-46(35(4)26-39-20-22-44(47(27-39)64-9)67-41-30-66-31-41)29-43(56)34(3)25-37(6)49(58)50(65-10)48(57)36(5)24-32/h11-13,16-17,25,32,34-36,38-42,44-47,49-50,58,62H,14-15,18-24,26-31H2,1-10H3/b13-11+,16-12+,33-17+,37-25+/t32-,34-,35+,36-,38-,39?,40+,42+,44?,45+,46+,47?,49?,50+,54-/m1/s1. The van der Waals surface area contributed by atoms with E-state index in [1.165, 1.54) is 12.0 Å². The predicted octanol–water partition coefficient (Wildman–Crippen LogP) is 6.60. The van der Waals surface area contributed by atoms with E-state index in [4.69, 9.17) is 33.2 Å². The van der Waals surface area contributed by atoms with E-state index < -0.39 is 77.8 Å². The molecule has 1 aliphatic carbocycles. The van der Waals surface area contributed by atoms with Gasteiger partial charge in [-0.1, -0.05) is 71.1 Å². The van der Waals surface area contributed by atoms with Crippen molar-refractivity contribution in [1.82, 2.24) is 4.90 Å². The molecule has 15 nitrogen and oxygen atoms in total. The summed E-state index contributed by atoms with van der Waals surface area (Å²) in [6, 6.07) is -1.13. The lowest BCUT2D eigenvalue weighted by Crippen LogP contribution is -2.61. The van der Waals surface area contributed by atoms with Crippen molar-refractivity contribution >= 4 is 29.2 Å². The number of carbonyl (C=O) groups is 5. The lowest BCUT2D eigenvalue weighted by Gasteiger charge is -2.42. The quantitative estimate of drug-likeness (QED) is 0.150. The maximum Gasteiger partial charge on any atom is 0.329 e. The normalized spacial score (nSPS) is 40.0. The molecule has 4 heterocycles. The van der Waals surface area contributed by atoms with E-state index in [1.54, 1.807) is 41.1 Å². The first-order valence-electron chi connectivity index (χ1n) is 25.5. The van der Waals surface area contributed by atoms with Gasteiger partial charge in [0.05, 0.1) is 37.6 Å². The zero-order valence-corrected chi connectivity index (χ0v) is 43.0. The molecule has 15 atom stereocenters. The van der Waals surface area contributed by atoms with Gasteiger partial charge in [-0.2, -0.15) is 0 Å². The SMILES string of the molecule is COC1CC(C[C@H](C)[C@@H]2CC(=O)[C@H](C)/C=C(\C)C(O)[C@@H](OC)C(=O)[C@H](C)C[C@H](C)/C=C/C=C/C=C(\C)[C@@H](OC)C[C@@H]3CC[C@@H](C)[C@@](O)(O3)C(=O)C(=O)N3CCCC[C@H]3C(=O)O2)CCC1OC1COC1. The Morgan fingerprint density at radius 1 is 0.841 bits per heavy atom. The smallest absolute Gasteiger partial charge is 0.329 e. The van der Waals surface area contributed by atoms with Crippen LogP contribution in [0.5, 0.6) is 0 Å². The number of cyclic esters (lactones) is 1. The summed E-state index contributed by atoms with van der Waals surface area (Å²) >= 11 is 0. The molecule has 2 bridgehead atoms. The van der Waals surface area contributed by atoms with Gasteiger partial charge in [-0.3, -0.25) is 19.2 Å². The molecule has 0 aromatic rings. The number of rotatable bonds is 8. The number of amides is 1. The van der Waals surface area contributed by atoms with Crippen molar-refractivity contribution in [2.24, 2.45) is 35.5 Å². The minimum atomic E-state index is -2.43. The fraction of sp³-hybridized carbons (Fsp3) is 0.759. The number of carbonyl (C=O) groups excluding carboxylic acids is 5. The average Bonchev–Trinajstić information content (AvgIpc) is 3.31. The fourth-order valence-electron chi connectivity index (χ4n) is 10.8. The summed E-state index contributed by atoms with van der Waals surface area (Å²) in [6.07, 6.45) is 12.6. The monoisotopic (exact) mass is 970 g/mol. The Labute approximate surface area is 410 Å². The Morgan fingerprint density at radius 3 is 2.25 bits per heavy atom. The van der Waals surface area contributed by atoms with E-state index in [0.717, 1.165) is 18.4 Å². The van der Waals surface area contributed by atoms with Crippen LogP contribution in [0.4, 0.5) is 0 Å². The number of hydrogen-bond acceptors (Lipinski definition) is 14. The van der Waals surface area contributed by atoms with Gasteiger partial charge in [-0.05, 0) is 107 Å². The highest BCUT2D eigenvalue weighted by Crippen LogP contribution is 2.38. The van der Waals surface area contributed by atoms with Crippen LogP contribution in [0.3, 0.4) is 0 Å². The van der Waals surface area contributed by atoms with Crippen molar-refractivity contribution in [3.05, 3.63) is 47.6 Å². The lowest BCUT2D eigenvalue weighted by molar-refractivity contribution is -0.265. The zero-order chi connectivity index (χ0) is 50.6. The summed E-state index contributed by atoms with van der Waals surface area (Å²) in [7, 11) is 4.65. The third kappa shape index (κ3) is 14.8. The summed E-state index contributed by atoms with van der Waals surface area (Å²) in [6.45, 7) is 14.0. The zero-order valence-electron chi connectivity index (χ0n) is 43.0. The number of allylic oxidation sites excluding steroid dienone is 6. The van der Waals surface area contributed by atoms with Crippen LogP contribution in [0.25, 0.3) is 0 Å². The van der Waals surface area contributed by atoms with Crippen LogP contribution in [0.2, 0.25) is 0 Å². The van der Waals surface area contributed by atoms with Crippen LogP contribution in [-0.2, 0) is 57.1 Å². The first-order valence-corrected chi connectivity index (χ1v) is 25.5. The Kier molecular flexibility index (Phi) is 21.6. The van der Waals surface area contributed by atoms with E-state index >= 15 is 0 Å². The molecule has 4 aliphatic heterocycles. The molecule has 15 heteroatoms. The maximum absolute atomic E-state index is 14.5. The molecule has 5 aliphatic rings. The van der Waals surface area contributed by atoms with Gasteiger partial charge in [0.2, 0.25) is 5.79 Å². The summed E-state index contributed by atoms with van der Waals surface area (Å²) in [4.78, 5) is 72.3. The van der Waals surface area contributed by atoms with Gasteiger partial charge in [0.25, 0.3) is 11.7 Å². The highest BCUT2D eigenvalue weighted by atomic mass is 16.6. The van der Waals surface area contributed by atoms with Crippen LogP contribution in [0.15, 0.2) is 47.6 Å². The Hall–Kier alpha value is -3.41. The molecule has 4 unspecified atom stereocenters. The molecule has 0 radical (unpaired) electrons. The van der Waals surface area contributed by atoms with Crippen molar-refractivity contribution in [3.63, 3.8) is 0 Å². The first-order chi connectivity index (χ1) is 32.8. The number of methoxy groups -OCH3 is 3. The molecule has 1 amide bonds. The number of aliphatic hydroxyl groups excluding tert-OH is 1. The van der Waals surface area contributed by atoms with E-state index in [2.05, 4.69) is 0 Å². The van der Waals surface area contributed by atoms with Gasteiger partial charge in [-0.25, -0.2) is 4.79 Å². The minimum absolute atomic E-state index is 0.0210. The van der Waals surface area contributed by atoms with Gasteiger partial charge in [0.1, 0.15) is 36.2 Å². The van der Waals surface area contributed by atoms with Crippen LogP contribution >= 0.6 is 0 Å².